The van der Waals surface area contributed by atoms with E-state index in [-0.39, 0.29) is 5.97 Å². The molecule has 0 radical (unpaired) electrons. The highest BCUT2D eigenvalue weighted by atomic mass is 16.5. The summed E-state index contributed by atoms with van der Waals surface area (Å²) in [4.78, 5) is 10.5. The number of hydrogen-bond acceptors (Lipinski definition) is 2. The second kappa shape index (κ2) is 9.04. The van der Waals surface area contributed by atoms with Gasteiger partial charge >= 0.3 is 5.97 Å². The summed E-state index contributed by atoms with van der Waals surface area (Å²) in [6.45, 7) is 6.42. The van der Waals surface area contributed by atoms with Crippen molar-refractivity contribution in [2.75, 3.05) is 6.61 Å². The number of unbranched alkanes of at least 4 members (excludes halogenated alkanes) is 4. The van der Waals surface area contributed by atoms with E-state index >= 15 is 0 Å². The van der Waals surface area contributed by atoms with Gasteiger partial charge in [-0.2, -0.15) is 0 Å². The molecule has 0 aliphatic rings. The lowest BCUT2D eigenvalue weighted by atomic mass is 10.0. The molecule has 14 heavy (non-hydrogen) atoms. The molecule has 0 amide bonds. The second-order valence-corrected chi connectivity index (χ2v) is 4.11. The fourth-order valence-corrected chi connectivity index (χ4v) is 1.44. The maximum atomic E-state index is 10.5. The second-order valence-electron chi connectivity index (χ2n) is 4.11. The van der Waals surface area contributed by atoms with E-state index in [0.29, 0.717) is 12.5 Å². The standard InChI is InChI=1S/C12H24O2/c1-4-5-6-7-8-9-11(2)10-14-12(3)13/h11H,4-10H2,1-3H3. The Hall–Kier alpha value is -0.530. The fourth-order valence-electron chi connectivity index (χ4n) is 1.44. The predicted molar refractivity (Wildman–Crippen MR) is 59.2 cm³/mol. The lowest BCUT2D eigenvalue weighted by Crippen LogP contribution is -2.09. The summed E-state index contributed by atoms with van der Waals surface area (Å²) in [6.07, 6.45) is 7.75. The zero-order valence-electron chi connectivity index (χ0n) is 9.84. The molecule has 0 heterocycles. The number of carbonyl (C=O) groups excluding carboxylic acids is 1. The molecule has 84 valence electrons. The largest absolute Gasteiger partial charge is 0.466 e. The molecule has 0 aromatic carbocycles. The van der Waals surface area contributed by atoms with Gasteiger partial charge in [-0.1, -0.05) is 46.0 Å². The average Bonchev–Trinajstić information content (AvgIpc) is 2.14. The molecule has 0 saturated heterocycles. The highest BCUT2D eigenvalue weighted by Gasteiger charge is 2.03. The molecule has 0 bridgehead atoms. The molecular formula is C12H24O2. The van der Waals surface area contributed by atoms with Crippen molar-refractivity contribution in [3.8, 4) is 0 Å². The fraction of sp³-hybridized carbons (Fsp3) is 0.917. The summed E-state index contributed by atoms with van der Waals surface area (Å²) >= 11 is 0. The minimum Gasteiger partial charge on any atom is -0.466 e. The molecule has 0 N–H and O–H groups in total. The molecule has 2 heteroatoms. The first-order valence-electron chi connectivity index (χ1n) is 5.80. The Morgan fingerprint density at radius 3 is 2.43 bits per heavy atom. The predicted octanol–water partition coefficient (Wildman–Crippen LogP) is 3.55. The Morgan fingerprint density at radius 1 is 1.21 bits per heavy atom. The number of esters is 1. The third kappa shape index (κ3) is 9.56. The van der Waals surface area contributed by atoms with Crippen molar-refractivity contribution in [1.82, 2.24) is 0 Å². The van der Waals surface area contributed by atoms with Crippen LogP contribution < -0.4 is 0 Å². The van der Waals surface area contributed by atoms with E-state index in [4.69, 9.17) is 4.74 Å². The van der Waals surface area contributed by atoms with Gasteiger partial charge in [-0.25, -0.2) is 0 Å². The van der Waals surface area contributed by atoms with Crippen molar-refractivity contribution in [3.63, 3.8) is 0 Å². The van der Waals surface area contributed by atoms with Gasteiger partial charge in [0.05, 0.1) is 6.61 Å². The lowest BCUT2D eigenvalue weighted by Gasteiger charge is -2.10. The third-order valence-electron chi connectivity index (χ3n) is 2.37. The summed E-state index contributed by atoms with van der Waals surface area (Å²) in [6, 6.07) is 0. The lowest BCUT2D eigenvalue weighted by molar-refractivity contribution is -0.142. The van der Waals surface area contributed by atoms with Crippen LogP contribution in [0.4, 0.5) is 0 Å². The van der Waals surface area contributed by atoms with Crippen LogP contribution in [0.3, 0.4) is 0 Å². The summed E-state index contributed by atoms with van der Waals surface area (Å²) in [5.74, 6) is 0.350. The molecule has 0 saturated carbocycles. The van der Waals surface area contributed by atoms with Gasteiger partial charge in [-0.3, -0.25) is 4.79 Å². The molecule has 0 fully saturated rings. The monoisotopic (exact) mass is 200 g/mol. The van der Waals surface area contributed by atoms with Gasteiger partial charge in [0, 0.05) is 6.92 Å². The molecule has 0 spiro atoms. The van der Waals surface area contributed by atoms with Gasteiger partial charge in [0.2, 0.25) is 0 Å². The zero-order chi connectivity index (χ0) is 10.8. The molecule has 1 atom stereocenters. The van der Waals surface area contributed by atoms with Gasteiger partial charge in [0.25, 0.3) is 0 Å². The van der Waals surface area contributed by atoms with Crippen LogP contribution in [0.25, 0.3) is 0 Å². The zero-order valence-corrected chi connectivity index (χ0v) is 9.84. The minimum atomic E-state index is -0.164. The van der Waals surface area contributed by atoms with E-state index in [9.17, 15) is 4.79 Å². The Balaban J connectivity index is 3.18. The van der Waals surface area contributed by atoms with Crippen LogP contribution in [0, 0.1) is 5.92 Å². The van der Waals surface area contributed by atoms with Crippen LogP contribution in [0.5, 0.6) is 0 Å². The third-order valence-corrected chi connectivity index (χ3v) is 2.37. The van der Waals surface area contributed by atoms with Gasteiger partial charge in [0.15, 0.2) is 0 Å². The molecule has 0 aliphatic heterocycles. The quantitative estimate of drug-likeness (QED) is 0.442. The SMILES string of the molecule is CCCCCCCC(C)COC(C)=O. The topological polar surface area (TPSA) is 26.3 Å². The van der Waals surface area contributed by atoms with Gasteiger partial charge in [-0.15, -0.1) is 0 Å². The number of ether oxygens (including phenoxy) is 1. The van der Waals surface area contributed by atoms with Crippen molar-refractivity contribution < 1.29 is 9.53 Å². The highest BCUT2D eigenvalue weighted by Crippen LogP contribution is 2.11. The number of hydrogen-bond donors (Lipinski definition) is 0. The maximum Gasteiger partial charge on any atom is 0.302 e. The first-order valence-corrected chi connectivity index (χ1v) is 5.80. The van der Waals surface area contributed by atoms with E-state index in [1.807, 2.05) is 0 Å². The van der Waals surface area contributed by atoms with Crippen LogP contribution in [-0.2, 0) is 9.53 Å². The Morgan fingerprint density at radius 2 is 1.86 bits per heavy atom. The van der Waals surface area contributed by atoms with Gasteiger partial charge < -0.3 is 4.74 Å². The molecular weight excluding hydrogens is 176 g/mol. The Labute approximate surface area is 88.0 Å². The molecule has 2 nitrogen and oxygen atoms in total. The van der Waals surface area contributed by atoms with Crippen LogP contribution in [0.1, 0.15) is 59.3 Å². The Kier molecular flexibility index (Phi) is 8.70. The average molecular weight is 200 g/mol. The molecule has 0 aliphatic carbocycles. The van der Waals surface area contributed by atoms with Crippen molar-refractivity contribution in [2.45, 2.75) is 59.3 Å². The first-order chi connectivity index (χ1) is 6.66. The van der Waals surface area contributed by atoms with E-state index in [0.717, 1.165) is 0 Å². The van der Waals surface area contributed by atoms with Crippen LogP contribution in [0.15, 0.2) is 0 Å². The molecule has 0 rings (SSSR count). The number of rotatable bonds is 8. The molecule has 0 aromatic heterocycles. The van der Waals surface area contributed by atoms with Crippen molar-refractivity contribution in [1.29, 1.82) is 0 Å². The van der Waals surface area contributed by atoms with E-state index in [2.05, 4.69) is 13.8 Å². The van der Waals surface area contributed by atoms with Gasteiger partial charge in [-0.05, 0) is 12.3 Å². The molecule has 1 unspecified atom stereocenters. The van der Waals surface area contributed by atoms with E-state index < -0.39 is 0 Å². The first kappa shape index (κ1) is 13.5. The van der Waals surface area contributed by atoms with Crippen molar-refractivity contribution >= 4 is 5.97 Å². The summed E-state index contributed by atoms with van der Waals surface area (Å²) < 4.78 is 4.94. The normalized spacial score (nSPS) is 12.5. The highest BCUT2D eigenvalue weighted by molar-refractivity contribution is 5.65. The Bertz CT molecular complexity index is 143. The molecule has 0 aromatic rings. The summed E-state index contributed by atoms with van der Waals surface area (Å²) in [5.41, 5.74) is 0. The summed E-state index contributed by atoms with van der Waals surface area (Å²) in [7, 11) is 0. The maximum absolute atomic E-state index is 10.5. The van der Waals surface area contributed by atoms with Crippen molar-refractivity contribution in [2.24, 2.45) is 5.92 Å². The van der Waals surface area contributed by atoms with Crippen molar-refractivity contribution in [3.05, 3.63) is 0 Å². The van der Waals surface area contributed by atoms with E-state index in [1.54, 1.807) is 0 Å². The minimum absolute atomic E-state index is 0.164. The smallest absolute Gasteiger partial charge is 0.302 e. The van der Waals surface area contributed by atoms with Gasteiger partial charge in [0.1, 0.15) is 0 Å². The van der Waals surface area contributed by atoms with E-state index in [1.165, 1.54) is 45.4 Å². The number of carbonyl (C=O) groups is 1. The summed E-state index contributed by atoms with van der Waals surface area (Å²) in [5, 5.41) is 0. The van der Waals surface area contributed by atoms with Crippen LogP contribution in [-0.4, -0.2) is 12.6 Å². The van der Waals surface area contributed by atoms with Crippen LogP contribution >= 0.6 is 0 Å². The van der Waals surface area contributed by atoms with Crippen LogP contribution in [0.2, 0.25) is 0 Å².